The van der Waals surface area contributed by atoms with Crippen LogP contribution >= 0.6 is 0 Å². The van der Waals surface area contributed by atoms with Gasteiger partial charge in [0.2, 0.25) is 0 Å². The molecule has 0 atom stereocenters. The molecule has 0 spiro atoms. The van der Waals surface area contributed by atoms with E-state index in [0.29, 0.717) is 0 Å². The van der Waals surface area contributed by atoms with Crippen LogP contribution in [0.25, 0.3) is 0 Å². The van der Waals surface area contributed by atoms with Gasteiger partial charge in [-0.15, -0.1) is 0 Å². The van der Waals surface area contributed by atoms with Crippen LogP contribution in [0, 0.1) is 0 Å². The molecule has 1 aliphatic carbocycles. The lowest BCUT2D eigenvalue weighted by Crippen LogP contribution is -2.56. The minimum absolute atomic E-state index is 0.00380. The normalized spacial score (nSPS) is 26.1. The second-order valence-electron chi connectivity index (χ2n) is 4.20. The van der Waals surface area contributed by atoms with Crippen molar-refractivity contribution in [2.24, 2.45) is 4.99 Å². The molecule has 0 bridgehead atoms. The predicted octanol–water partition coefficient (Wildman–Crippen LogP) is 1.07. The number of rotatable bonds is 2. The predicted molar refractivity (Wildman–Crippen MR) is 53.0 cm³/mol. The van der Waals surface area contributed by atoms with Crippen LogP contribution < -0.4 is 5.32 Å². The first-order valence-electron chi connectivity index (χ1n) is 5.27. The highest BCUT2D eigenvalue weighted by Gasteiger charge is 2.36. The molecule has 13 heavy (non-hydrogen) atoms. The molecule has 0 saturated heterocycles. The summed E-state index contributed by atoms with van der Waals surface area (Å²) < 4.78 is 0. The van der Waals surface area contributed by atoms with Crippen molar-refractivity contribution in [1.82, 2.24) is 5.32 Å². The smallest absolute Gasteiger partial charge is 0.0968 e. The molecular formula is C10H18N2O. The summed E-state index contributed by atoms with van der Waals surface area (Å²) in [5.41, 5.74) is -0.00380. The van der Waals surface area contributed by atoms with E-state index in [-0.39, 0.29) is 12.1 Å². The van der Waals surface area contributed by atoms with Crippen LogP contribution in [0.5, 0.6) is 0 Å². The molecule has 0 aromatic heterocycles. The molecule has 1 saturated carbocycles. The lowest BCUT2D eigenvalue weighted by molar-refractivity contribution is 0.107. The highest BCUT2D eigenvalue weighted by molar-refractivity contribution is 5.83. The van der Waals surface area contributed by atoms with Crippen molar-refractivity contribution in [2.45, 2.75) is 44.1 Å². The van der Waals surface area contributed by atoms with Gasteiger partial charge in [-0.1, -0.05) is 0 Å². The summed E-state index contributed by atoms with van der Waals surface area (Å²) in [7, 11) is 0. The third kappa shape index (κ3) is 1.85. The van der Waals surface area contributed by atoms with Crippen LogP contribution in [0.1, 0.15) is 38.5 Å². The van der Waals surface area contributed by atoms with Crippen LogP contribution in [0.3, 0.4) is 0 Å². The van der Waals surface area contributed by atoms with Crippen molar-refractivity contribution in [2.75, 3.05) is 13.2 Å². The Labute approximate surface area is 79.3 Å². The van der Waals surface area contributed by atoms with Gasteiger partial charge in [0.25, 0.3) is 0 Å². The highest BCUT2D eigenvalue weighted by Crippen LogP contribution is 2.31. The van der Waals surface area contributed by atoms with Crippen molar-refractivity contribution in [3.63, 3.8) is 0 Å². The van der Waals surface area contributed by atoms with Crippen molar-refractivity contribution in [3.8, 4) is 0 Å². The third-order valence-corrected chi connectivity index (χ3v) is 3.15. The van der Waals surface area contributed by atoms with E-state index >= 15 is 0 Å². The number of aliphatic hydroxyl groups is 1. The first kappa shape index (κ1) is 9.00. The summed E-state index contributed by atoms with van der Waals surface area (Å²) >= 11 is 0. The lowest BCUT2D eigenvalue weighted by atomic mass is 9.77. The van der Waals surface area contributed by atoms with Crippen molar-refractivity contribution < 1.29 is 5.11 Å². The Morgan fingerprint density at radius 2 is 2.15 bits per heavy atom. The molecule has 0 aromatic rings. The summed E-state index contributed by atoms with van der Waals surface area (Å²) in [6.45, 7) is 1.22. The Kier molecular flexibility index (Phi) is 2.54. The van der Waals surface area contributed by atoms with Gasteiger partial charge in [-0.2, -0.15) is 0 Å². The zero-order valence-electron chi connectivity index (χ0n) is 8.05. The molecule has 0 unspecified atom stereocenters. The SMILES string of the molecule is OCC1(NC2=NCCCC2)CCC1. The van der Waals surface area contributed by atoms with Gasteiger partial charge in [0, 0.05) is 13.0 Å². The van der Waals surface area contributed by atoms with Gasteiger partial charge in [-0.05, 0) is 32.1 Å². The van der Waals surface area contributed by atoms with E-state index in [2.05, 4.69) is 10.3 Å². The number of amidine groups is 1. The van der Waals surface area contributed by atoms with Gasteiger partial charge < -0.3 is 10.4 Å². The van der Waals surface area contributed by atoms with Crippen LogP contribution in [0.2, 0.25) is 0 Å². The second-order valence-corrected chi connectivity index (χ2v) is 4.20. The molecular weight excluding hydrogens is 164 g/mol. The summed E-state index contributed by atoms with van der Waals surface area (Å²) in [6, 6.07) is 0. The number of hydrogen-bond acceptors (Lipinski definition) is 3. The molecule has 0 radical (unpaired) electrons. The zero-order valence-corrected chi connectivity index (χ0v) is 8.05. The van der Waals surface area contributed by atoms with E-state index in [4.69, 9.17) is 0 Å². The standard InChI is InChI=1S/C10H18N2O/c13-8-10(5-3-6-10)12-9-4-1-2-7-11-9/h13H,1-8H2,(H,11,12). The molecule has 1 aliphatic heterocycles. The van der Waals surface area contributed by atoms with E-state index < -0.39 is 0 Å². The maximum atomic E-state index is 9.25. The fourth-order valence-electron chi connectivity index (χ4n) is 2.03. The third-order valence-electron chi connectivity index (χ3n) is 3.15. The van der Waals surface area contributed by atoms with Gasteiger partial charge in [0.15, 0.2) is 0 Å². The van der Waals surface area contributed by atoms with E-state index in [1.54, 1.807) is 0 Å². The Bertz CT molecular complexity index is 203. The van der Waals surface area contributed by atoms with Crippen molar-refractivity contribution in [3.05, 3.63) is 0 Å². The van der Waals surface area contributed by atoms with E-state index in [1.165, 1.54) is 19.3 Å². The molecule has 1 heterocycles. The molecule has 2 N–H and O–H groups in total. The van der Waals surface area contributed by atoms with Crippen LogP contribution in [0.15, 0.2) is 4.99 Å². The molecule has 2 aliphatic rings. The van der Waals surface area contributed by atoms with E-state index in [1.807, 2.05) is 0 Å². The van der Waals surface area contributed by atoms with Gasteiger partial charge in [-0.3, -0.25) is 4.99 Å². The van der Waals surface area contributed by atoms with Gasteiger partial charge >= 0.3 is 0 Å². The maximum absolute atomic E-state index is 9.25. The molecule has 74 valence electrons. The fraction of sp³-hybridized carbons (Fsp3) is 0.900. The Morgan fingerprint density at radius 1 is 1.31 bits per heavy atom. The quantitative estimate of drug-likeness (QED) is 0.671. The number of nitrogens with zero attached hydrogens (tertiary/aromatic N) is 1. The lowest BCUT2D eigenvalue weighted by Gasteiger charge is -2.42. The van der Waals surface area contributed by atoms with E-state index in [9.17, 15) is 5.11 Å². The first-order valence-corrected chi connectivity index (χ1v) is 5.27. The Morgan fingerprint density at radius 3 is 2.62 bits per heavy atom. The summed E-state index contributed by atoms with van der Waals surface area (Å²) in [5.74, 6) is 1.12. The topological polar surface area (TPSA) is 44.6 Å². The number of hydrogen-bond donors (Lipinski definition) is 2. The number of aliphatic hydroxyl groups excluding tert-OH is 1. The zero-order chi connectivity index (χ0) is 9.15. The summed E-state index contributed by atoms with van der Waals surface area (Å²) in [5, 5.41) is 12.7. The van der Waals surface area contributed by atoms with Gasteiger partial charge in [0.05, 0.1) is 18.0 Å². The Balaban J connectivity index is 1.91. The Hall–Kier alpha value is -0.570. The van der Waals surface area contributed by atoms with Crippen molar-refractivity contribution >= 4 is 5.84 Å². The molecule has 3 nitrogen and oxygen atoms in total. The summed E-state index contributed by atoms with van der Waals surface area (Å²) in [4.78, 5) is 4.44. The largest absolute Gasteiger partial charge is 0.394 e. The van der Waals surface area contributed by atoms with Crippen LogP contribution in [-0.2, 0) is 0 Å². The van der Waals surface area contributed by atoms with Gasteiger partial charge in [0.1, 0.15) is 0 Å². The van der Waals surface area contributed by atoms with Gasteiger partial charge in [-0.25, -0.2) is 0 Å². The molecule has 1 fully saturated rings. The van der Waals surface area contributed by atoms with Crippen LogP contribution in [-0.4, -0.2) is 29.6 Å². The average molecular weight is 182 g/mol. The highest BCUT2D eigenvalue weighted by atomic mass is 16.3. The first-order chi connectivity index (χ1) is 6.35. The second kappa shape index (κ2) is 3.66. The minimum Gasteiger partial charge on any atom is -0.394 e. The fourth-order valence-corrected chi connectivity index (χ4v) is 2.03. The number of nitrogens with one attached hydrogen (secondary N) is 1. The molecule has 2 rings (SSSR count). The van der Waals surface area contributed by atoms with E-state index in [0.717, 1.165) is 31.6 Å². The molecule has 0 aromatic carbocycles. The minimum atomic E-state index is -0.00380. The number of aliphatic imine (C=N–C) groups is 1. The monoisotopic (exact) mass is 182 g/mol. The van der Waals surface area contributed by atoms with Crippen molar-refractivity contribution in [1.29, 1.82) is 0 Å². The maximum Gasteiger partial charge on any atom is 0.0968 e. The van der Waals surface area contributed by atoms with Crippen LogP contribution in [0.4, 0.5) is 0 Å². The summed E-state index contributed by atoms with van der Waals surface area (Å²) in [6.07, 6.45) is 6.97. The average Bonchev–Trinajstić information content (AvgIpc) is 2.13. The molecule has 3 heteroatoms. The molecule has 0 amide bonds.